The molecule has 2 aromatic carbocycles. The number of halogens is 1. The molecule has 3 N–H and O–H groups in total. The maximum atomic E-state index is 12.8. The molecule has 0 saturated carbocycles. The highest BCUT2D eigenvalue weighted by Gasteiger charge is 2.38. The Hall–Kier alpha value is -2.88. The summed E-state index contributed by atoms with van der Waals surface area (Å²) in [5, 5.41) is 21.8. The molecule has 1 heterocycles. The van der Waals surface area contributed by atoms with Crippen molar-refractivity contribution in [3.63, 3.8) is 0 Å². The highest BCUT2D eigenvalue weighted by molar-refractivity contribution is 8.26. The van der Waals surface area contributed by atoms with Crippen molar-refractivity contribution in [2.24, 2.45) is 0 Å². The Bertz CT molecular complexity index is 1100. The molecule has 2 amide bonds. The summed E-state index contributed by atoms with van der Waals surface area (Å²) < 4.78 is 0.227. The number of nitrogens with zero attached hydrogens (tertiary/aromatic N) is 1. The van der Waals surface area contributed by atoms with Gasteiger partial charge >= 0.3 is 5.97 Å². The van der Waals surface area contributed by atoms with E-state index in [0.717, 1.165) is 17.8 Å². The Morgan fingerprint density at radius 1 is 1.27 bits per heavy atom. The van der Waals surface area contributed by atoms with Crippen molar-refractivity contribution in [3.05, 3.63) is 63.5 Å². The molecule has 10 heteroatoms. The van der Waals surface area contributed by atoms with E-state index in [2.05, 4.69) is 5.32 Å². The highest BCUT2D eigenvalue weighted by Crippen LogP contribution is 2.35. The first-order chi connectivity index (χ1) is 14.2. The highest BCUT2D eigenvalue weighted by atomic mass is 35.5. The summed E-state index contributed by atoms with van der Waals surface area (Å²) in [4.78, 5) is 38.0. The number of hydrogen-bond donors (Lipinski definition) is 3. The zero-order chi connectivity index (χ0) is 22.0. The molecular formula is C20H15ClN2O5S2. The van der Waals surface area contributed by atoms with Gasteiger partial charge in [0, 0.05) is 16.8 Å². The number of carbonyl (C=O) groups excluding carboxylic acids is 2. The van der Waals surface area contributed by atoms with E-state index in [4.69, 9.17) is 28.9 Å². The van der Waals surface area contributed by atoms with Gasteiger partial charge in [0.1, 0.15) is 21.7 Å². The molecule has 0 aromatic heterocycles. The Labute approximate surface area is 186 Å². The fourth-order valence-corrected chi connectivity index (χ4v) is 4.30. The first-order valence-corrected chi connectivity index (χ1v) is 10.2. The van der Waals surface area contributed by atoms with Crippen molar-refractivity contribution in [3.8, 4) is 5.75 Å². The SMILES string of the molecule is C[C@H](C(=O)Nc1ccc(C(=O)O)c(O)c1)N1C(=O)/C(=C/c2ccccc2Cl)SC1=S. The summed E-state index contributed by atoms with van der Waals surface area (Å²) in [7, 11) is 0. The second kappa shape index (κ2) is 8.86. The van der Waals surface area contributed by atoms with Gasteiger partial charge < -0.3 is 15.5 Å². The molecule has 1 atom stereocenters. The number of carboxylic acid groups (broad SMARTS) is 1. The van der Waals surface area contributed by atoms with Gasteiger partial charge in [-0.25, -0.2) is 4.79 Å². The lowest BCUT2D eigenvalue weighted by atomic mass is 10.1. The quantitative estimate of drug-likeness (QED) is 0.455. The van der Waals surface area contributed by atoms with E-state index in [-0.39, 0.29) is 15.6 Å². The summed E-state index contributed by atoms with van der Waals surface area (Å²) in [5.41, 5.74) is 0.555. The summed E-state index contributed by atoms with van der Waals surface area (Å²) in [6, 6.07) is 9.73. The smallest absolute Gasteiger partial charge is 0.339 e. The largest absolute Gasteiger partial charge is 0.507 e. The first-order valence-electron chi connectivity index (χ1n) is 8.58. The number of thioether (sulfide) groups is 1. The molecule has 154 valence electrons. The van der Waals surface area contributed by atoms with Crippen LogP contribution in [0.15, 0.2) is 47.4 Å². The Kier molecular flexibility index (Phi) is 6.45. The van der Waals surface area contributed by atoms with Crippen LogP contribution in [-0.4, -0.2) is 43.3 Å². The molecular weight excluding hydrogens is 448 g/mol. The monoisotopic (exact) mass is 462 g/mol. The fraction of sp³-hybridized carbons (Fsp3) is 0.100. The van der Waals surface area contributed by atoms with Crippen LogP contribution in [0.5, 0.6) is 5.75 Å². The standard InChI is InChI=1S/C20H15ClN2O5S2/c1-10(17(25)22-12-6-7-13(19(27)28)15(24)9-12)23-18(26)16(30-20(23)29)8-11-4-2-3-5-14(11)21/h2-10,24H,1H3,(H,22,25)(H,27,28)/b16-8-/t10-/m1/s1. The van der Waals surface area contributed by atoms with Crippen LogP contribution in [0, 0.1) is 0 Å². The average molecular weight is 463 g/mol. The summed E-state index contributed by atoms with van der Waals surface area (Å²) in [6.07, 6.45) is 1.62. The zero-order valence-electron chi connectivity index (χ0n) is 15.5. The zero-order valence-corrected chi connectivity index (χ0v) is 17.8. The number of anilines is 1. The molecule has 2 aromatic rings. The topological polar surface area (TPSA) is 107 Å². The first kappa shape index (κ1) is 21.8. The van der Waals surface area contributed by atoms with Crippen LogP contribution in [-0.2, 0) is 9.59 Å². The van der Waals surface area contributed by atoms with Gasteiger partial charge in [0.25, 0.3) is 5.91 Å². The van der Waals surface area contributed by atoms with Crippen LogP contribution in [0.1, 0.15) is 22.8 Å². The van der Waals surface area contributed by atoms with Crippen molar-refractivity contribution >= 4 is 69.4 Å². The minimum atomic E-state index is -1.29. The van der Waals surface area contributed by atoms with Crippen molar-refractivity contribution in [2.75, 3.05) is 5.32 Å². The van der Waals surface area contributed by atoms with Crippen LogP contribution >= 0.6 is 35.6 Å². The predicted octanol–water partition coefficient (Wildman–Crippen LogP) is 3.97. The number of hydrogen-bond acceptors (Lipinski definition) is 6. The van der Waals surface area contributed by atoms with Crippen LogP contribution < -0.4 is 5.32 Å². The molecule has 0 bridgehead atoms. The number of amides is 2. The second-order valence-electron chi connectivity index (χ2n) is 6.28. The van der Waals surface area contributed by atoms with Gasteiger partial charge in [-0.3, -0.25) is 14.5 Å². The van der Waals surface area contributed by atoms with Crippen molar-refractivity contribution in [1.29, 1.82) is 0 Å². The van der Waals surface area contributed by atoms with Crippen LogP contribution in [0.2, 0.25) is 5.02 Å². The van der Waals surface area contributed by atoms with Gasteiger partial charge in [-0.05, 0) is 36.8 Å². The van der Waals surface area contributed by atoms with E-state index < -0.39 is 29.6 Å². The van der Waals surface area contributed by atoms with Crippen LogP contribution in [0.25, 0.3) is 6.08 Å². The second-order valence-corrected chi connectivity index (χ2v) is 8.36. The minimum Gasteiger partial charge on any atom is -0.507 e. The van der Waals surface area contributed by atoms with Crippen molar-refractivity contribution in [1.82, 2.24) is 4.90 Å². The van der Waals surface area contributed by atoms with E-state index in [1.807, 2.05) is 0 Å². The fourth-order valence-electron chi connectivity index (χ4n) is 2.70. The minimum absolute atomic E-state index is 0.186. The Morgan fingerprint density at radius 2 is 1.97 bits per heavy atom. The van der Waals surface area contributed by atoms with Crippen molar-refractivity contribution in [2.45, 2.75) is 13.0 Å². The third-order valence-electron chi connectivity index (χ3n) is 4.28. The number of carboxylic acids is 1. The third-order valence-corrected chi connectivity index (χ3v) is 5.95. The molecule has 1 aliphatic rings. The number of aromatic carboxylic acids is 1. The number of phenols is 1. The number of benzene rings is 2. The Morgan fingerprint density at radius 3 is 2.60 bits per heavy atom. The van der Waals surface area contributed by atoms with Gasteiger partial charge in [-0.15, -0.1) is 0 Å². The van der Waals surface area contributed by atoms with Gasteiger partial charge in [-0.2, -0.15) is 0 Å². The molecule has 30 heavy (non-hydrogen) atoms. The van der Waals surface area contributed by atoms with Crippen LogP contribution in [0.3, 0.4) is 0 Å². The van der Waals surface area contributed by atoms with Gasteiger partial charge in [-0.1, -0.05) is 53.8 Å². The molecule has 0 aliphatic carbocycles. The molecule has 0 unspecified atom stereocenters. The normalized spacial score (nSPS) is 16.1. The van der Waals surface area contributed by atoms with E-state index in [9.17, 15) is 19.5 Å². The number of nitrogens with one attached hydrogen (secondary N) is 1. The summed E-state index contributed by atoms with van der Waals surface area (Å²) in [5.74, 6) is -2.74. The molecule has 3 rings (SSSR count). The molecule has 0 radical (unpaired) electrons. The van der Waals surface area contributed by atoms with E-state index in [0.29, 0.717) is 15.5 Å². The molecule has 1 aliphatic heterocycles. The summed E-state index contributed by atoms with van der Waals surface area (Å²) in [6.45, 7) is 1.52. The lowest BCUT2D eigenvalue weighted by molar-refractivity contribution is -0.129. The van der Waals surface area contributed by atoms with Gasteiger partial charge in [0.15, 0.2) is 0 Å². The number of thiocarbonyl (C=S) groups is 1. The lowest BCUT2D eigenvalue weighted by Gasteiger charge is -2.22. The van der Waals surface area contributed by atoms with E-state index in [1.165, 1.54) is 24.0 Å². The molecule has 0 spiro atoms. The predicted molar refractivity (Wildman–Crippen MR) is 120 cm³/mol. The maximum absolute atomic E-state index is 12.8. The molecule has 7 nitrogen and oxygen atoms in total. The third kappa shape index (κ3) is 4.48. The average Bonchev–Trinajstić information content (AvgIpc) is 2.96. The van der Waals surface area contributed by atoms with Crippen molar-refractivity contribution < 1.29 is 24.6 Å². The lowest BCUT2D eigenvalue weighted by Crippen LogP contribution is -2.44. The van der Waals surface area contributed by atoms with E-state index in [1.54, 1.807) is 30.3 Å². The number of aromatic hydroxyl groups is 1. The summed E-state index contributed by atoms with van der Waals surface area (Å²) >= 11 is 12.5. The van der Waals surface area contributed by atoms with Crippen LogP contribution in [0.4, 0.5) is 5.69 Å². The number of rotatable bonds is 5. The molecule has 1 saturated heterocycles. The van der Waals surface area contributed by atoms with Gasteiger partial charge in [0.2, 0.25) is 5.91 Å². The number of carbonyl (C=O) groups is 3. The van der Waals surface area contributed by atoms with E-state index >= 15 is 0 Å². The van der Waals surface area contributed by atoms with Gasteiger partial charge in [0.05, 0.1) is 4.91 Å². The Balaban J connectivity index is 1.77. The molecule has 1 fully saturated rings. The maximum Gasteiger partial charge on any atom is 0.339 e.